The van der Waals surface area contributed by atoms with Gasteiger partial charge in [-0.1, -0.05) is 0 Å². The van der Waals surface area contributed by atoms with Crippen molar-refractivity contribution >= 4 is 17.7 Å². The molecule has 2 heterocycles. The van der Waals surface area contributed by atoms with Gasteiger partial charge in [-0.15, -0.1) is 0 Å². The molecule has 2 atom stereocenters. The van der Waals surface area contributed by atoms with E-state index in [0.29, 0.717) is 25.3 Å². The van der Waals surface area contributed by atoms with E-state index in [4.69, 9.17) is 0 Å². The molecule has 132 valence electrons. The molecule has 0 aliphatic carbocycles. The van der Waals surface area contributed by atoms with E-state index >= 15 is 0 Å². The molecule has 24 heavy (non-hydrogen) atoms. The first-order valence-corrected chi connectivity index (χ1v) is 8.21. The maximum absolute atomic E-state index is 12.7. The van der Waals surface area contributed by atoms with Crippen LogP contribution in [0.5, 0.6) is 0 Å². The van der Waals surface area contributed by atoms with Gasteiger partial charge in [0.1, 0.15) is 11.7 Å². The van der Waals surface area contributed by atoms with Crippen LogP contribution in [-0.4, -0.2) is 63.8 Å². The molecule has 1 saturated heterocycles. The Morgan fingerprint density at radius 3 is 2.42 bits per heavy atom. The molecule has 1 aliphatic heterocycles. The number of aryl methyl sites for hydroxylation is 1. The van der Waals surface area contributed by atoms with E-state index in [1.54, 1.807) is 16.7 Å². The monoisotopic (exact) mass is 334 g/mol. The summed E-state index contributed by atoms with van der Waals surface area (Å²) in [6, 6.07) is 3.11. The first-order chi connectivity index (χ1) is 11.2. The predicted octanol–water partition coefficient (Wildman–Crippen LogP) is 0.531. The molecule has 1 fully saturated rings. The second-order valence-electron chi connectivity index (χ2n) is 6.47. The highest BCUT2D eigenvalue weighted by Crippen LogP contribution is 2.15. The third-order valence-corrected chi connectivity index (χ3v) is 4.58. The number of piperazine rings is 1. The van der Waals surface area contributed by atoms with Gasteiger partial charge < -0.3 is 19.7 Å². The lowest BCUT2D eigenvalue weighted by Crippen LogP contribution is -2.59. The zero-order valence-electron chi connectivity index (χ0n) is 15.0. The second kappa shape index (κ2) is 7.07. The third kappa shape index (κ3) is 3.60. The van der Waals surface area contributed by atoms with E-state index in [1.165, 1.54) is 6.92 Å². The van der Waals surface area contributed by atoms with Crippen molar-refractivity contribution in [2.75, 3.05) is 19.6 Å². The van der Waals surface area contributed by atoms with Crippen molar-refractivity contribution in [3.05, 3.63) is 23.5 Å². The Balaban J connectivity index is 2.02. The van der Waals surface area contributed by atoms with Crippen LogP contribution in [0.1, 0.15) is 37.0 Å². The van der Waals surface area contributed by atoms with E-state index in [1.807, 2.05) is 37.6 Å². The fourth-order valence-corrected chi connectivity index (χ4v) is 3.07. The fraction of sp³-hybridized carbons (Fsp3) is 0.588. The van der Waals surface area contributed by atoms with Crippen molar-refractivity contribution in [3.63, 3.8) is 0 Å². The van der Waals surface area contributed by atoms with Crippen LogP contribution in [0.15, 0.2) is 12.1 Å². The average molecular weight is 334 g/mol. The van der Waals surface area contributed by atoms with Gasteiger partial charge >= 0.3 is 0 Å². The minimum atomic E-state index is -0.553. The second-order valence-corrected chi connectivity index (χ2v) is 6.47. The van der Waals surface area contributed by atoms with Crippen molar-refractivity contribution in [2.45, 2.75) is 39.8 Å². The van der Waals surface area contributed by atoms with Crippen molar-refractivity contribution < 1.29 is 14.4 Å². The molecule has 7 nitrogen and oxygen atoms in total. The highest BCUT2D eigenvalue weighted by molar-refractivity contribution is 5.93. The van der Waals surface area contributed by atoms with Crippen LogP contribution in [0.25, 0.3) is 0 Å². The minimum absolute atomic E-state index is 0.0144. The van der Waals surface area contributed by atoms with E-state index < -0.39 is 6.04 Å². The standard InChI is InChI=1S/C17H26N4O3/c1-11-6-7-15(19(11)5)17(24)20-8-9-21(12(2)10-20)16(23)13(3)18-14(4)22/h6-7,12-13H,8-10H2,1-5H3,(H,18,22)/t12?,13-/m1/s1. The lowest BCUT2D eigenvalue weighted by Gasteiger charge is -2.41. The molecule has 0 radical (unpaired) electrons. The summed E-state index contributed by atoms with van der Waals surface area (Å²) in [4.78, 5) is 39.8. The molecule has 7 heteroatoms. The lowest BCUT2D eigenvalue weighted by atomic mass is 10.1. The van der Waals surface area contributed by atoms with Gasteiger partial charge in [0.2, 0.25) is 11.8 Å². The van der Waals surface area contributed by atoms with Crippen molar-refractivity contribution in [1.82, 2.24) is 19.7 Å². The molecule has 3 amide bonds. The van der Waals surface area contributed by atoms with Gasteiger partial charge in [-0.05, 0) is 32.9 Å². The SMILES string of the molecule is CC(=O)N[C@H](C)C(=O)N1CCN(C(=O)c2ccc(C)n2C)CC1C. The van der Waals surface area contributed by atoms with Gasteiger partial charge in [0.05, 0.1) is 0 Å². The molecule has 2 rings (SSSR count). The largest absolute Gasteiger partial charge is 0.345 e. The van der Waals surface area contributed by atoms with Gasteiger partial charge in [-0.3, -0.25) is 14.4 Å². The third-order valence-electron chi connectivity index (χ3n) is 4.58. The molecule has 1 unspecified atom stereocenters. The first kappa shape index (κ1) is 18.0. The van der Waals surface area contributed by atoms with Gasteiger partial charge in [0, 0.05) is 45.3 Å². The first-order valence-electron chi connectivity index (χ1n) is 8.21. The zero-order valence-corrected chi connectivity index (χ0v) is 15.0. The normalized spacial score (nSPS) is 19.1. The van der Waals surface area contributed by atoms with Gasteiger partial charge in [-0.25, -0.2) is 0 Å². The Labute approximate surface area is 142 Å². The van der Waals surface area contributed by atoms with Crippen LogP contribution in [0.3, 0.4) is 0 Å². The molecule has 1 aromatic rings. The Morgan fingerprint density at radius 1 is 1.25 bits per heavy atom. The molecule has 0 aromatic carbocycles. The number of aromatic nitrogens is 1. The molecule has 1 aromatic heterocycles. The quantitative estimate of drug-likeness (QED) is 0.876. The Kier molecular flexibility index (Phi) is 5.31. The number of hydrogen-bond donors (Lipinski definition) is 1. The van der Waals surface area contributed by atoms with Gasteiger partial charge in [0.25, 0.3) is 5.91 Å². The van der Waals surface area contributed by atoms with Crippen LogP contribution in [-0.2, 0) is 16.6 Å². The van der Waals surface area contributed by atoms with Crippen LogP contribution in [0.4, 0.5) is 0 Å². The summed E-state index contributed by atoms with van der Waals surface area (Å²) < 4.78 is 1.88. The molecule has 0 spiro atoms. The highest BCUT2D eigenvalue weighted by atomic mass is 16.2. The number of rotatable bonds is 3. The molecule has 0 bridgehead atoms. The summed E-state index contributed by atoms with van der Waals surface area (Å²) in [7, 11) is 1.88. The number of amides is 3. The van der Waals surface area contributed by atoms with E-state index in [2.05, 4.69) is 5.32 Å². The number of carbonyl (C=O) groups is 3. The van der Waals surface area contributed by atoms with E-state index in [9.17, 15) is 14.4 Å². The number of hydrogen-bond acceptors (Lipinski definition) is 3. The molecule has 1 aliphatic rings. The molecular formula is C17H26N4O3. The summed E-state index contributed by atoms with van der Waals surface area (Å²) in [6.07, 6.45) is 0. The molecule has 1 N–H and O–H groups in total. The maximum atomic E-state index is 12.7. The zero-order chi connectivity index (χ0) is 18.0. The number of carbonyl (C=O) groups excluding carboxylic acids is 3. The van der Waals surface area contributed by atoms with Crippen molar-refractivity contribution in [1.29, 1.82) is 0 Å². The Morgan fingerprint density at radius 2 is 1.92 bits per heavy atom. The van der Waals surface area contributed by atoms with Gasteiger partial charge in [-0.2, -0.15) is 0 Å². The maximum Gasteiger partial charge on any atom is 0.270 e. The highest BCUT2D eigenvalue weighted by Gasteiger charge is 2.32. The Hall–Kier alpha value is -2.31. The van der Waals surface area contributed by atoms with Crippen LogP contribution >= 0.6 is 0 Å². The summed E-state index contributed by atoms with van der Waals surface area (Å²) in [6.45, 7) is 8.41. The lowest BCUT2D eigenvalue weighted by molar-refractivity contribution is -0.139. The van der Waals surface area contributed by atoms with Crippen LogP contribution in [0.2, 0.25) is 0 Å². The predicted molar refractivity (Wildman–Crippen MR) is 90.5 cm³/mol. The number of nitrogens with one attached hydrogen (secondary N) is 1. The van der Waals surface area contributed by atoms with Crippen molar-refractivity contribution in [2.24, 2.45) is 7.05 Å². The van der Waals surface area contributed by atoms with Crippen LogP contribution in [0, 0.1) is 6.92 Å². The Bertz CT molecular complexity index is 652. The van der Waals surface area contributed by atoms with Crippen LogP contribution < -0.4 is 5.32 Å². The summed E-state index contributed by atoms with van der Waals surface area (Å²) in [5.74, 6) is -0.352. The van der Waals surface area contributed by atoms with E-state index in [-0.39, 0.29) is 23.8 Å². The van der Waals surface area contributed by atoms with Gasteiger partial charge in [0.15, 0.2) is 0 Å². The molecular weight excluding hydrogens is 308 g/mol. The fourth-order valence-electron chi connectivity index (χ4n) is 3.07. The topological polar surface area (TPSA) is 74.7 Å². The summed E-state index contributed by atoms with van der Waals surface area (Å²) >= 11 is 0. The van der Waals surface area contributed by atoms with Crippen molar-refractivity contribution in [3.8, 4) is 0 Å². The molecule has 0 saturated carbocycles. The smallest absolute Gasteiger partial charge is 0.270 e. The minimum Gasteiger partial charge on any atom is -0.345 e. The summed E-state index contributed by atoms with van der Waals surface area (Å²) in [5, 5.41) is 2.62. The van der Waals surface area contributed by atoms with E-state index in [0.717, 1.165) is 5.69 Å². The summed E-state index contributed by atoms with van der Waals surface area (Å²) in [5.41, 5.74) is 1.69. The number of nitrogens with zero attached hydrogens (tertiary/aromatic N) is 3. The average Bonchev–Trinajstić information content (AvgIpc) is 2.84.